The summed E-state index contributed by atoms with van der Waals surface area (Å²) in [6.07, 6.45) is 6.44. The van der Waals surface area contributed by atoms with E-state index >= 15 is 0 Å². The summed E-state index contributed by atoms with van der Waals surface area (Å²) in [4.78, 5) is 12.7. The first-order valence-corrected chi connectivity index (χ1v) is 10.7. The molecule has 2 unspecified atom stereocenters. The van der Waals surface area contributed by atoms with Crippen LogP contribution in [0.1, 0.15) is 43.7 Å². The van der Waals surface area contributed by atoms with Gasteiger partial charge in [0, 0.05) is 18.5 Å². The van der Waals surface area contributed by atoms with Crippen molar-refractivity contribution in [2.24, 2.45) is 0 Å². The number of rotatable bonds is 5. The molecule has 4 heterocycles. The van der Waals surface area contributed by atoms with Crippen molar-refractivity contribution in [3.63, 3.8) is 0 Å². The Morgan fingerprint density at radius 3 is 2.81 bits per heavy atom. The normalized spacial score (nSPS) is 22.2. The Morgan fingerprint density at radius 2 is 2.03 bits per heavy atom. The Morgan fingerprint density at radius 1 is 1.19 bits per heavy atom. The highest BCUT2D eigenvalue weighted by Gasteiger charge is 2.27. The van der Waals surface area contributed by atoms with E-state index in [-0.39, 0.29) is 11.6 Å². The summed E-state index contributed by atoms with van der Waals surface area (Å²) < 4.78 is 36.1. The molecule has 3 aromatic heterocycles. The highest BCUT2D eigenvalue weighted by molar-refractivity contribution is 5.62. The summed E-state index contributed by atoms with van der Waals surface area (Å²) in [6, 6.07) is 1.36. The molecule has 1 aliphatic carbocycles. The molecule has 2 N–H and O–H groups in total. The molecule has 1 saturated carbocycles. The molecule has 164 valence electrons. The van der Waals surface area contributed by atoms with E-state index in [9.17, 15) is 8.78 Å². The van der Waals surface area contributed by atoms with Crippen LogP contribution in [0.3, 0.4) is 0 Å². The van der Waals surface area contributed by atoms with Gasteiger partial charge in [-0.15, -0.1) is 0 Å². The van der Waals surface area contributed by atoms with Crippen molar-refractivity contribution in [2.45, 2.75) is 50.2 Å². The predicted octanol–water partition coefficient (Wildman–Crippen LogP) is 3.10. The number of aromatic nitrogens is 5. The van der Waals surface area contributed by atoms with E-state index in [1.165, 1.54) is 6.20 Å². The minimum atomic E-state index is -1.02. The first kappa shape index (κ1) is 20.0. The van der Waals surface area contributed by atoms with Gasteiger partial charge in [0.05, 0.1) is 25.5 Å². The monoisotopic (exact) mass is 429 g/mol. The fraction of sp³-hybridized carbons (Fsp3) is 0.524. The number of methoxy groups -OCH3 is 1. The number of halogens is 2. The summed E-state index contributed by atoms with van der Waals surface area (Å²) in [5, 5.41) is 10.9. The van der Waals surface area contributed by atoms with E-state index in [0.29, 0.717) is 42.5 Å². The molecule has 0 bridgehead atoms. The van der Waals surface area contributed by atoms with Gasteiger partial charge in [-0.1, -0.05) is 12.8 Å². The second-order valence-electron chi connectivity index (χ2n) is 8.14. The molecule has 0 spiro atoms. The van der Waals surface area contributed by atoms with Crippen LogP contribution in [0.2, 0.25) is 0 Å². The van der Waals surface area contributed by atoms with Crippen molar-refractivity contribution in [1.29, 1.82) is 0 Å². The Bertz CT molecular complexity index is 1080. The van der Waals surface area contributed by atoms with Crippen LogP contribution in [-0.2, 0) is 0 Å². The van der Waals surface area contributed by atoms with Gasteiger partial charge in [0.15, 0.2) is 11.5 Å². The Labute approximate surface area is 178 Å². The van der Waals surface area contributed by atoms with Crippen molar-refractivity contribution in [1.82, 2.24) is 29.9 Å². The molecule has 0 aromatic carbocycles. The lowest BCUT2D eigenvalue weighted by Crippen LogP contribution is -2.46. The smallest absolute Gasteiger partial charge is 0.223 e. The Balaban J connectivity index is 1.53. The molecule has 2 aliphatic rings. The topological polar surface area (TPSA) is 89.3 Å². The van der Waals surface area contributed by atoms with Crippen LogP contribution < -0.4 is 15.4 Å². The van der Waals surface area contributed by atoms with Gasteiger partial charge in [-0.2, -0.15) is 5.10 Å². The summed E-state index contributed by atoms with van der Waals surface area (Å²) in [5.74, 6) is 0.585. The predicted molar refractivity (Wildman–Crippen MR) is 112 cm³/mol. The SMILES string of the molecule is COc1cc2ncc(-c3nc(NC4CNCCC4F)ncc3F)n2nc1C1CCCC1. The van der Waals surface area contributed by atoms with Gasteiger partial charge in [-0.25, -0.2) is 28.2 Å². The molecular formula is C21H25F2N7O. The van der Waals surface area contributed by atoms with Gasteiger partial charge in [0.2, 0.25) is 5.95 Å². The van der Waals surface area contributed by atoms with Crippen LogP contribution in [0.5, 0.6) is 5.75 Å². The van der Waals surface area contributed by atoms with Crippen LogP contribution in [-0.4, -0.2) is 57.0 Å². The molecule has 10 heteroatoms. The summed E-state index contributed by atoms with van der Waals surface area (Å²) in [5.41, 5.74) is 1.88. The van der Waals surface area contributed by atoms with Crippen molar-refractivity contribution in [2.75, 3.05) is 25.5 Å². The zero-order valence-electron chi connectivity index (χ0n) is 17.3. The first-order chi connectivity index (χ1) is 15.1. The minimum Gasteiger partial charge on any atom is -0.495 e. The van der Waals surface area contributed by atoms with Gasteiger partial charge < -0.3 is 15.4 Å². The van der Waals surface area contributed by atoms with E-state index < -0.39 is 18.0 Å². The molecule has 2 atom stereocenters. The lowest BCUT2D eigenvalue weighted by atomic mass is 10.0. The lowest BCUT2D eigenvalue weighted by molar-refractivity contribution is 0.240. The zero-order valence-corrected chi connectivity index (χ0v) is 17.3. The number of hydrogen-bond donors (Lipinski definition) is 2. The molecule has 3 aromatic rings. The van der Waals surface area contributed by atoms with Crippen LogP contribution in [0.15, 0.2) is 18.5 Å². The highest BCUT2D eigenvalue weighted by atomic mass is 19.1. The summed E-state index contributed by atoms with van der Waals surface area (Å²) in [6.45, 7) is 1.09. The standard InChI is InChI=1S/C21H25F2N7O/c1-31-17-8-18-25-11-16(30(18)29-19(17)12-4-2-3-5-12)20-14(23)9-26-21(28-20)27-15-10-24-7-6-13(15)22/h8-9,11-13,15,24H,2-7,10H2,1H3,(H,26,27,28). The second-order valence-corrected chi connectivity index (χ2v) is 8.14. The second kappa shape index (κ2) is 8.33. The van der Waals surface area contributed by atoms with Crippen molar-refractivity contribution in [3.8, 4) is 17.1 Å². The number of nitrogens with zero attached hydrogens (tertiary/aromatic N) is 5. The average molecular weight is 429 g/mol. The number of fused-ring (bicyclic) bond motifs is 1. The van der Waals surface area contributed by atoms with Gasteiger partial charge in [-0.05, 0) is 25.8 Å². The number of hydrogen-bond acceptors (Lipinski definition) is 7. The van der Waals surface area contributed by atoms with E-state index in [0.717, 1.165) is 37.6 Å². The lowest BCUT2D eigenvalue weighted by Gasteiger charge is -2.27. The fourth-order valence-electron chi connectivity index (χ4n) is 4.47. The third-order valence-corrected chi connectivity index (χ3v) is 6.15. The minimum absolute atomic E-state index is 0.0687. The molecule has 1 saturated heterocycles. The number of nitrogens with one attached hydrogen (secondary N) is 2. The molecule has 1 aliphatic heterocycles. The molecule has 0 radical (unpaired) electrons. The van der Waals surface area contributed by atoms with Gasteiger partial charge >= 0.3 is 0 Å². The molecule has 5 rings (SSSR count). The summed E-state index contributed by atoms with van der Waals surface area (Å²) >= 11 is 0. The number of ether oxygens (including phenoxy) is 1. The number of alkyl halides is 1. The maximum Gasteiger partial charge on any atom is 0.223 e. The number of piperidine rings is 1. The van der Waals surface area contributed by atoms with E-state index in [1.807, 2.05) is 6.07 Å². The number of imidazole rings is 1. The van der Waals surface area contributed by atoms with E-state index in [1.54, 1.807) is 11.6 Å². The van der Waals surface area contributed by atoms with Gasteiger partial charge in [0.1, 0.15) is 29.0 Å². The van der Waals surface area contributed by atoms with E-state index in [4.69, 9.17) is 9.84 Å². The van der Waals surface area contributed by atoms with Gasteiger partial charge in [-0.3, -0.25) is 0 Å². The number of anilines is 1. The van der Waals surface area contributed by atoms with Crippen LogP contribution in [0.25, 0.3) is 17.0 Å². The quantitative estimate of drug-likeness (QED) is 0.644. The van der Waals surface area contributed by atoms with Crippen LogP contribution in [0.4, 0.5) is 14.7 Å². The molecular weight excluding hydrogens is 404 g/mol. The van der Waals surface area contributed by atoms with Crippen molar-refractivity contribution < 1.29 is 13.5 Å². The average Bonchev–Trinajstić information content (AvgIpc) is 3.45. The van der Waals surface area contributed by atoms with E-state index in [2.05, 4.69) is 25.6 Å². The van der Waals surface area contributed by atoms with Crippen LogP contribution in [0, 0.1) is 5.82 Å². The van der Waals surface area contributed by atoms with Crippen molar-refractivity contribution >= 4 is 11.6 Å². The van der Waals surface area contributed by atoms with Crippen LogP contribution >= 0.6 is 0 Å². The molecule has 31 heavy (non-hydrogen) atoms. The Hall–Kier alpha value is -2.88. The summed E-state index contributed by atoms with van der Waals surface area (Å²) in [7, 11) is 1.62. The molecule has 8 nitrogen and oxygen atoms in total. The third kappa shape index (κ3) is 3.80. The highest BCUT2D eigenvalue weighted by Crippen LogP contribution is 2.38. The van der Waals surface area contributed by atoms with Gasteiger partial charge in [0.25, 0.3) is 0 Å². The fourth-order valence-corrected chi connectivity index (χ4v) is 4.47. The largest absolute Gasteiger partial charge is 0.495 e. The zero-order chi connectivity index (χ0) is 21.4. The van der Waals surface area contributed by atoms with Crippen molar-refractivity contribution in [3.05, 3.63) is 30.0 Å². The maximum absolute atomic E-state index is 14.7. The molecule has 0 amide bonds. The first-order valence-electron chi connectivity index (χ1n) is 10.7. The maximum atomic E-state index is 14.7. The molecule has 2 fully saturated rings. The third-order valence-electron chi connectivity index (χ3n) is 6.15. The Kier molecular flexibility index (Phi) is 5.39.